The van der Waals surface area contributed by atoms with Crippen molar-refractivity contribution < 1.29 is 4.74 Å². The van der Waals surface area contributed by atoms with Gasteiger partial charge in [-0.3, -0.25) is 9.67 Å². The number of rotatable bonds is 7. The maximum atomic E-state index is 5.48. The van der Waals surface area contributed by atoms with Crippen molar-refractivity contribution >= 4 is 0 Å². The zero-order valence-electron chi connectivity index (χ0n) is 12.2. The van der Waals surface area contributed by atoms with Crippen LogP contribution in [0.25, 0.3) is 0 Å². The molecule has 2 heterocycles. The monoisotopic (exact) mass is 275 g/mol. The number of ether oxygens (including phenoxy) is 1. The summed E-state index contributed by atoms with van der Waals surface area (Å²) in [4.78, 5) is 8.55. The second kappa shape index (κ2) is 7.00. The first-order chi connectivity index (χ1) is 9.63. The lowest BCUT2D eigenvalue weighted by molar-refractivity contribution is 0.275. The molecule has 6 nitrogen and oxygen atoms in total. The lowest BCUT2D eigenvalue weighted by atomic mass is 10.2. The Morgan fingerprint density at radius 1 is 1.30 bits per heavy atom. The van der Waals surface area contributed by atoms with Crippen LogP contribution in [0.1, 0.15) is 25.2 Å². The van der Waals surface area contributed by atoms with E-state index in [9.17, 15) is 0 Å². The van der Waals surface area contributed by atoms with Crippen molar-refractivity contribution in [2.75, 3.05) is 6.54 Å². The molecule has 6 heteroatoms. The quantitative estimate of drug-likeness (QED) is 0.830. The van der Waals surface area contributed by atoms with Crippen LogP contribution in [0.3, 0.4) is 0 Å². The van der Waals surface area contributed by atoms with Crippen LogP contribution >= 0.6 is 0 Å². The molecule has 0 fully saturated rings. The molecule has 1 N–H and O–H groups in total. The fourth-order valence-electron chi connectivity index (χ4n) is 1.72. The van der Waals surface area contributed by atoms with E-state index in [0.717, 1.165) is 24.5 Å². The van der Waals surface area contributed by atoms with Gasteiger partial charge in [0, 0.05) is 13.6 Å². The van der Waals surface area contributed by atoms with E-state index in [2.05, 4.69) is 34.2 Å². The summed E-state index contributed by atoms with van der Waals surface area (Å²) in [7, 11) is 1.80. The summed E-state index contributed by atoms with van der Waals surface area (Å²) < 4.78 is 7.09. The molecular formula is C14H21N5O. The van der Waals surface area contributed by atoms with E-state index in [1.54, 1.807) is 18.1 Å². The van der Waals surface area contributed by atoms with E-state index in [1.807, 2.05) is 18.2 Å². The van der Waals surface area contributed by atoms with Crippen LogP contribution < -0.4 is 10.1 Å². The molecule has 20 heavy (non-hydrogen) atoms. The number of hydrogen-bond donors (Lipinski definition) is 1. The first-order valence-corrected chi connectivity index (χ1v) is 6.77. The van der Waals surface area contributed by atoms with Gasteiger partial charge >= 0.3 is 6.01 Å². The van der Waals surface area contributed by atoms with Gasteiger partial charge in [0.05, 0.1) is 11.4 Å². The van der Waals surface area contributed by atoms with Crippen LogP contribution in [0.5, 0.6) is 6.01 Å². The van der Waals surface area contributed by atoms with Gasteiger partial charge in [-0.05, 0) is 24.6 Å². The number of nitrogens with zero attached hydrogens (tertiary/aromatic N) is 4. The van der Waals surface area contributed by atoms with Crippen LogP contribution in [-0.4, -0.2) is 26.3 Å². The van der Waals surface area contributed by atoms with Crippen LogP contribution in [0, 0.1) is 5.92 Å². The second-order valence-electron chi connectivity index (χ2n) is 5.13. The Balaban J connectivity index is 1.85. The Kier molecular flexibility index (Phi) is 5.06. The highest BCUT2D eigenvalue weighted by atomic mass is 16.5. The van der Waals surface area contributed by atoms with E-state index in [0.29, 0.717) is 18.5 Å². The van der Waals surface area contributed by atoms with Crippen LogP contribution in [0.4, 0.5) is 0 Å². The molecule has 0 radical (unpaired) electrons. The Hall–Kier alpha value is -1.95. The highest BCUT2D eigenvalue weighted by Crippen LogP contribution is 2.05. The van der Waals surface area contributed by atoms with Crippen LogP contribution in [-0.2, 0) is 20.2 Å². The minimum atomic E-state index is 0.373. The molecule has 0 spiro atoms. The third kappa shape index (κ3) is 4.62. The van der Waals surface area contributed by atoms with Crippen molar-refractivity contribution in [2.45, 2.75) is 27.0 Å². The SMILES string of the molecule is CC(C)CNCc1cccc(COc2ncn(C)n2)n1. The maximum Gasteiger partial charge on any atom is 0.335 e. The number of aryl methyl sites for hydroxylation is 1. The second-order valence-corrected chi connectivity index (χ2v) is 5.13. The molecule has 0 aliphatic heterocycles. The van der Waals surface area contributed by atoms with E-state index in [1.165, 1.54) is 0 Å². The highest BCUT2D eigenvalue weighted by Gasteiger charge is 2.03. The molecule has 0 amide bonds. The average molecular weight is 275 g/mol. The first-order valence-electron chi connectivity index (χ1n) is 6.77. The maximum absolute atomic E-state index is 5.48. The fraction of sp³-hybridized carbons (Fsp3) is 0.500. The Labute approximate surface area is 119 Å². The van der Waals surface area contributed by atoms with Crippen LogP contribution in [0.2, 0.25) is 0 Å². The number of aromatic nitrogens is 4. The Morgan fingerprint density at radius 3 is 2.80 bits per heavy atom. The topological polar surface area (TPSA) is 64.9 Å². The van der Waals surface area contributed by atoms with Gasteiger partial charge in [0.2, 0.25) is 0 Å². The zero-order valence-corrected chi connectivity index (χ0v) is 12.2. The van der Waals surface area contributed by atoms with E-state index >= 15 is 0 Å². The van der Waals surface area contributed by atoms with Gasteiger partial charge in [0.25, 0.3) is 0 Å². The molecule has 0 saturated heterocycles. The Bertz CT molecular complexity index is 538. The lowest BCUT2D eigenvalue weighted by Gasteiger charge is -2.08. The van der Waals surface area contributed by atoms with Crippen molar-refractivity contribution in [2.24, 2.45) is 13.0 Å². The standard InChI is InChI=1S/C14H21N5O/c1-11(2)7-15-8-12-5-4-6-13(17-12)9-20-14-16-10-19(3)18-14/h4-6,10-11,15H,7-9H2,1-3H3. The first kappa shape index (κ1) is 14.5. The Morgan fingerprint density at radius 2 is 2.10 bits per heavy atom. The summed E-state index contributed by atoms with van der Waals surface area (Å²) in [5, 5.41) is 7.43. The smallest absolute Gasteiger partial charge is 0.335 e. The molecule has 0 saturated carbocycles. The summed E-state index contributed by atoms with van der Waals surface area (Å²) in [6, 6.07) is 6.31. The van der Waals surface area contributed by atoms with Gasteiger partial charge in [0.1, 0.15) is 12.9 Å². The van der Waals surface area contributed by atoms with Gasteiger partial charge < -0.3 is 10.1 Å². The molecule has 2 rings (SSSR count). The summed E-state index contributed by atoms with van der Waals surface area (Å²) in [6.45, 7) is 6.51. The molecule has 0 bridgehead atoms. The third-order valence-electron chi connectivity index (χ3n) is 2.65. The average Bonchev–Trinajstić information content (AvgIpc) is 2.82. The summed E-state index contributed by atoms with van der Waals surface area (Å²) >= 11 is 0. The van der Waals surface area contributed by atoms with Crippen molar-refractivity contribution in [1.29, 1.82) is 0 Å². The molecule has 0 atom stereocenters. The predicted octanol–water partition coefficient (Wildman–Crippen LogP) is 1.53. The van der Waals surface area contributed by atoms with Gasteiger partial charge in [-0.2, -0.15) is 4.98 Å². The van der Waals surface area contributed by atoms with Gasteiger partial charge in [-0.1, -0.05) is 19.9 Å². The fourth-order valence-corrected chi connectivity index (χ4v) is 1.72. The number of pyridine rings is 1. The van der Waals surface area contributed by atoms with Gasteiger partial charge in [0.15, 0.2) is 0 Å². The summed E-state index contributed by atoms with van der Waals surface area (Å²) in [5.74, 6) is 0.636. The van der Waals surface area contributed by atoms with Gasteiger partial charge in [-0.15, -0.1) is 5.10 Å². The van der Waals surface area contributed by atoms with E-state index in [-0.39, 0.29) is 0 Å². The summed E-state index contributed by atoms with van der Waals surface area (Å²) in [5.41, 5.74) is 1.89. The lowest BCUT2D eigenvalue weighted by Crippen LogP contribution is -2.19. The van der Waals surface area contributed by atoms with Crippen LogP contribution in [0.15, 0.2) is 24.5 Å². The van der Waals surface area contributed by atoms with Crippen molar-refractivity contribution in [1.82, 2.24) is 25.1 Å². The zero-order chi connectivity index (χ0) is 14.4. The molecule has 0 aromatic carbocycles. The molecule has 2 aromatic rings. The molecular weight excluding hydrogens is 254 g/mol. The number of nitrogens with one attached hydrogen (secondary N) is 1. The number of hydrogen-bond acceptors (Lipinski definition) is 5. The van der Waals surface area contributed by atoms with Gasteiger partial charge in [-0.25, -0.2) is 0 Å². The molecule has 2 aromatic heterocycles. The largest absolute Gasteiger partial charge is 0.456 e. The van der Waals surface area contributed by atoms with Crippen molar-refractivity contribution in [3.05, 3.63) is 35.9 Å². The summed E-state index contributed by atoms with van der Waals surface area (Å²) in [6.07, 6.45) is 1.61. The molecule has 0 aliphatic rings. The van der Waals surface area contributed by atoms with E-state index < -0.39 is 0 Å². The molecule has 0 unspecified atom stereocenters. The normalized spacial score (nSPS) is 11.0. The minimum absolute atomic E-state index is 0.373. The van der Waals surface area contributed by atoms with E-state index in [4.69, 9.17) is 4.74 Å². The molecule has 0 aliphatic carbocycles. The minimum Gasteiger partial charge on any atom is -0.456 e. The van der Waals surface area contributed by atoms with Crippen molar-refractivity contribution in [3.8, 4) is 6.01 Å². The molecule has 108 valence electrons. The third-order valence-corrected chi connectivity index (χ3v) is 2.65. The van der Waals surface area contributed by atoms with Crippen molar-refractivity contribution in [3.63, 3.8) is 0 Å². The highest BCUT2D eigenvalue weighted by molar-refractivity contribution is 5.11. The predicted molar refractivity (Wildman–Crippen MR) is 76.1 cm³/mol.